The van der Waals surface area contributed by atoms with Crippen molar-refractivity contribution in [1.29, 1.82) is 0 Å². The fourth-order valence-electron chi connectivity index (χ4n) is 1.39. The number of rotatable bonds is 2. The highest BCUT2D eigenvalue weighted by Gasteiger charge is 2.47. The smallest absolute Gasteiger partial charge is 0.144 e. The minimum Gasteiger partial charge on any atom is -0.322 e. The van der Waals surface area contributed by atoms with Gasteiger partial charge in [-0.05, 0) is 18.9 Å². The van der Waals surface area contributed by atoms with Gasteiger partial charge in [0.2, 0.25) is 0 Å². The van der Waals surface area contributed by atoms with Gasteiger partial charge in [0, 0.05) is 10.6 Å². The molecule has 3 heteroatoms. The van der Waals surface area contributed by atoms with Crippen molar-refractivity contribution in [3.05, 3.63) is 34.9 Å². The third kappa shape index (κ3) is 1.56. The summed E-state index contributed by atoms with van der Waals surface area (Å²) in [7, 11) is 0. The molecular formula is C10H11ClFN. The van der Waals surface area contributed by atoms with Crippen molar-refractivity contribution in [2.24, 2.45) is 5.73 Å². The Morgan fingerprint density at radius 2 is 2.00 bits per heavy atom. The number of alkyl halides is 1. The van der Waals surface area contributed by atoms with Gasteiger partial charge < -0.3 is 5.73 Å². The topological polar surface area (TPSA) is 26.0 Å². The largest absolute Gasteiger partial charge is 0.322 e. The maximum absolute atomic E-state index is 13.8. The summed E-state index contributed by atoms with van der Waals surface area (Å²) in [4.78, 5) is 0. The summed E-state index contributed by atoms with van der Waals surface area (Å²) in [6.45, 7) is 0. The zero-order valence-corrected chi connectivity index (χ0v) is 7.89. The maximum atomic E-state index is 13.8. The van der Waals surface area contributed by atoms with E-state index < -0.39 is 11.7 Å². The van der Waals surface area contributed by atoms with E-state index in [1.54, 1.807) is 24.3 Å². The predicted molar refractivity (Wildman–Crippen MR) is 51.5 cm³/mol. The van der Waals surface area contributed by atoms with Crippen LogP contribution in [0.3, 0.4) is 0 Å². The molecule has 0 amide bonds. The normalized spacial score (nSPS) is 21.2. The SMILES string of the molecule is NC1(C(F)c2ccccc2Cl)CC1. The minimum atomic E-state index is -1.12. The van der Waals surface area contributed by atoms with E-state index in [9.17, 15) is 4.39 Å². The summed E-state index contributed by atoms with van der Waals surface area (Å²) in [6, 6.07) is 6.95. The number of halogens is 2. The van der Waals surface area contributed by atoms with Gasteiger partial charge in [-0.2, -0.15) is 0 Å². The van der Waals surface area contributed by atoms with Gasteiger partial charge in [-0.1, -0.05) is 29.8 Å². The van der Waals surface area contributed by atoms with E-state index in [2.05, 4.69) is 0 Å². The second kappa shape index (κ2) is 2.96. The molecule has 1 atom stereocenters. The second-order valence-electron chi connectivity index (χ2n) is 3.62. The van der Waals surface area contributed by atoms with Gasteiger partial charge in [-0.25, -0.2) is 4.39 Å². The first-order valence-electron chi connectivity index (χ1n) is 4.31. The van der Waals surface area contributed by atoms with Crippen LogP contribution in [0.15, 0.2) is 24.3 Å². The predicted octanol–water partition coefficient (Wildman–Crippen LogP) is 2.84. The Kier molecular flexibility index (Phi) is 2.05. The van der Waals surface area contributed by atoms with Crippen LogP contribution in [0.5, 0.6) is 0 Å². The molecule has 70 valence electrons. The van der Waals surface area contributed by atoms with Gasteiger partial charge in [-0.3, -0.25) is 0 Å². The van der Waals surface area contributed by atoms with Crippen molar-refractivity contribution in [3.63, 3.8) is 0 Å². The average Bonchev–Trinajstić information content (AvgIpc) is 2.85. The molecule has 0 radical (unpaired) electrons. The van der Waals surface area contributed by atoms with Crippen LogP contribution < -0.4 is 5.73 Å². The van der Waals surface area contributed by atoms with Crippen LogP contribution in [0.2, 0.25) is 5.02 Å². The highest BCUT2D eigenvalue weighted by Crippen LogP contribution is 2.47. The van der Waals surface area contributed by atoms with Crippen molar-refractivity contribution < 1.29 is 4.39 Å². The van der Waals surface area contributed by atoms with Gasteiger partial charge in [0.1, 0.15) is 6.17 Å². The Morgan fingerprint density at radius 3 is 2.54 bits per heavy atom. The maximum Gasteiger partial charge on any atom is 0.144 e. The lowest BCUT2D eigenvalue weighted by Gasteiger charge is -2.16. The molecule has 13 heavy (non-hydrogen) atoms. The van der Waals surface area contributed by atoms with Crippen LogP contribution in [-0.4, -0.2) is 5.54 Å². The van der Waals surface area contributed by atoms with Crippen molar-refractivity contribution in [2.45, 2.75) is 24.6 Å². The Bertz CT molecular complexity index is 322. The number of nitrogens with two attached hydrogens (primary N) is 1. The van der Waals surface area contributed by atoms with Crippen molar-refractivity contribution in [1.82, 2.24) is 0 Å². The molecular weight excluding hydrogens is 189 g/mol. The van der Waals surface area contributed by atoms with E-state index in [0.717, 1.165) is 12.8 Å². The molecule has 1 fully saturated rings. The van der Waals surface area contributed by atoms with Crippen molar-refractivity contribution in [3.8, 4) is 0 Å². The Labute approximate surface area is 81.7 Å². The molecule has 1 aromatic rings. The summed E-state index contributed by atoms with van der Waals surface area (Å²) < 4.78 is 13.8. The lowest BCUT2D eigenvalue weighted by molar-refractivity contribution is 0.274. The number of hydrogen-bond donors (Lipinski definition) is 1. The van der Waals surface area contributed by atoms with E-state index in [1.807, 2.05) is 0 Å². The molecule has 1 nitrogen and oxygen atoms in total. The molecule has 0 heterocycles. The van der Waals surface area contributed by atoms with Crippen LogP contribution in [0, 0.1) is 0 Å². The molecule has 2 rings (SSSR count). The van der Waals surface area contributed by atoms with Crippen LogP contribution in [0.1, 0.15) is 24.6 Å². The zero-order valence-electron chi connectivity index (χ0n) is 7.13. The quantitative estimate of drug-likeness (QED) is 0.779. The van der Waals surface area contributed by atoms with E-state index in [4.69, 9.17) is 17.3 Å². The monoisotopic (exact) mass is 199 g/mol. The average molecular weight is 200 g/mol. The molecule has 0 aromatic heterocycles. The van der Waals surface area contributed by atoms with Crippen molar-refractivity contribution >= 4 is 11.6 Å². The van der Waals surface area contributed by atoms with E-state index >= 15 is 0 Å². The molecule has 1 aromatic carbocycles. The summed E-state index contributed by atoms with van der Waals surface area (Å²) in [5.41, 5.74) is 5.63. The number of hydrogen-bond acceptors (Lipinski definition) is 1. The first-order valence-corrected chi connectivity index (χ1v) is 4.69. The lowest BCUT2D eigenvalue weighted by atomic mass is 10.0. The first kappa shape index (κ1) is 8.97. The molecule has 0 bridgehead atoms. The van der Waals surface area contributed by atoms with Crippen LogP contribution in [0.4, 0.5) is 4.39 Å². The molecule has 1 saturated carbocycles. The minimum absolute atomic E-state index is 0.465. The Balaban J connectivity index is 2.30. The molecule has 1 aliphatic rings. The van der Waals surface area contributed by atoms with Gasteiger partial charge in [0.15, 0.2) is 0 Å². The third-order valence-corrected chi connectivity index (χ3v) is 2.85. The highest BCUT2D eigenvalue weighted by molar-refractivity contribution is 6.31. The molecule has 1 aliphatic carbocycles. The third-order valence-electron chi connectivity index (χ3n) is 2.51. The number of benzene rings is 1. The van der Waals surface area contributed by atoms with Crippen LogP contribution in [-0.2, 0) is 0 Å². The second-order valence-corrected chi connectivity index (χ2v) is 4.02. The van der Waals surface area contributed by atoms with E-state index in [1.165, 1.54) is 0 Å². The lowest BCUT2D eigenvalue weighted by Crippen LogP contribution is -2.28. The summed E-state index contributed by atoms with van der Waals surface area (Å²) in [5.74, 6) is 0. The fourth-order valence-corrected chi connectivity index (χ4v) is 1.62. The standard InChI is InChI=1S/C10H11ClFN/c11-8-4-2-1-3-7(8)9(12)10(13)5-6-10/h1-4,9H,5-6,13H2. The van der Waals surface area contributed by atoms with Gasteiger partial charge in [0.25, 0.3) is 0 Å². The summed E-state index contributed by atoms with van der Waals surface area (Å²) >= 11 is 5.86. The first-order chi connectivity index (χ1) is 6.13. The van der Waals surface area contributed by atoms with Crippen LogP contribution >= 0.6 is 11.6 Å². The van der Waals surface area contributed by atoms with E-state index in [-0.39, 0.29) is 0 Å². The van der Waals surface area contributed by atoms with Gasteiger partial charge in [0.05, 0.1) is 5.54 Å². The zero-order chi connectivity index (χ0) is 9.47. The summed E-state index contributed by atoms with van der Waals surface area (Å²) in [5, 5.41) is 0.465. The Morgan fingerprint density at radius 1 is 1.38 bits per heavy atom. The van der Waals surface area contributed by atoms with Gasteiger partial charge in [-0.15, -0.1) is 0 Å². The molecule has 1 unspecified atom stereocenters. The highest BCUT2D eigenvalue weighted by atomic mass is 35.5. The van der Waals surface area contributed by atoms with Crippen LogP contribution in [0.25, 0.3) is 0 Å². The molecule has 0 saturated heterocycles. The fraction of sp³-hybridized carbons (Fsp3) is 0.400. The molecule has 2 N–H and O–H groups in total. The summed E-state index contributed by atoms with van der Waals surface area (Å²) in [6.07, 6.45) is 0.375. The van der Waals surface area contributed by atoms with Gasteiger partial charge >= 0.3 is 0 Å². The molecule has 0 spiro atoms. The molecule has 0 aliphatic heterocycles. The Hall–Kier alpha value is -0.600. The van der Waals surface area contributed by atoms with Crippen molar-refractivity contribution in [2.75, 3.05) is 0 Å². The van der Waals surface area contributed by atoms with E-state index in [0.29, 0.717) is 10.6 Å².